The third-order valence-corrected chi connectivity index (χ3v) is 7.31. The maximum absolute atomic E-state index is 12.8. The summed E-state index contributed by atoms with van der Waals surface area (Å²) >= 11 is 0.801. The van der Waals surface area contributed by atoms with Gasteiger partial charge < -0.3 is 11.1 Å². The zero-order valence-electron chi connectivity index (χ0n) is 13.7. The summed E-state index contributed by atoms with van der Waals surface area (Å²) in [6.45, 7) is 0.876. The van der Waals surface area contributed by atoms with Gasteiger partial charge in [-0.15, -0.1) is 11.3 Å². The van der Waals surface area contributed by atoms with Crippen molar-refractivity contribution in [3.05, 3.63) is 35.9 Å². The highest BCUT2D eigenvalue weighted by molar-refractivity contribution is 7.91. The van der Waals surface area contributed by atoms with Gasteiger partial charge in [0.2, 0.25) is 0 Å². The lowest BCUT2D eigenvalue weighted by molar-refractivity contribution is 0.100. The predicted molar refractivity (Wildman–Crippen MR) is 95.4 cm³/mol. The highest BCUT2D eigenvalue weighted by Crippen LogP contribution is 2.34. The molecule has 9 nitrogen and oxygen atoms in total. The van der Waals surface area contributed by atoms with Crippen molar-refractivity contribution in [2.75, 3.05) is 18.4 Å². The number of aromatic nitrogens is 2. The number of rotatable bonds is 5. The van der Waals surface area contributed by atoms with Gasteiger partial charge in [0.25, 0.3) is 21.8 Å². The normalized spacial score (nSPS) is 15.5. The fraction of sp³-hybridized carbons (Fsp3) is 0.333. The number of piperidine rings is 1. The molecule has 0 spiro atoms. The third-order valence-electron chi connectivity index (χ3n) is 3.91. The Labute approximate surface area is 154 Å². The molecule has 26 heavy (non-hydrogen) atoms. The van der Waals surface area contributed by atoms with Gasteiger partial charge in [0, 0.05) is 25.5 Å². The molecule has 1 fully saturated rings. The molecular weight excluding hydrogens is 378 g/mol. The number of nitrogens with zero attached hydrogens (tertiary/aromatic N) is 3. The fourth-order valence-electron chi connectivity index (χ4n) is 2.59. The van der Waals surface area contributed by atoms with E-state index in [2.05, 4.69) is 15.3 Å². The molecule has 1 saturated heterocycles. The minimum absolute atomic E-state index is 0.0253. The number of nitrogens with two attached hydrogens (primary N) is 1. The van der Waals surface area contributed by atoms with Crippen LogP contribution in [0.25, 0.3) is 0 Å². The van der Waals surface area contributed by atoms with Crippen molar-refractivity contribution in [3.8, 4) is 0 Å². The van der Waals surface area contributed by atoms with Gasteiger partial charge in [-0.2, -0.15) is 4.31 Å². The molecule has 0 aromatic carbocycles. The van der Waals surface area contributed by atoms with E-state index in [1.807, 2.05) is 0 Å². The van der Waals surface area contributed by atoms with Gasteiger partial charge in [0.05, 0.1) is 11.8 Å². The van der Waals surface area contributed by atoms with Crippen molar-refractivity contribution in [2.24, 2.45) is 5.73 Å². The van der Waals surface area contributed by atoms with E-state index in [1.54, 1.807) is 0 Å². The Morgan fingerprint density at radius 2 is 1.92 bits per heavy atom. The number of thiophene rings is 1. The van der Waals surface area contributed by atoms with Crippen molar-refractivity contribution < 1.29 is 18.0 Å². The van der Waals surface area contributed by atoms with Crippen molar-refractivity contribution in [3.63, 3.8) is 0 Å². The number of carbonyl (C=O) groups excluding carboxylic acids is 2. The van der Waals surface area contributed by atoms with Crippen LogP contribution in [0.3, 0.4) is 0 Å². The first-order valence-corrected chi connectivity index (χ1v) is 10.2. The van der Waals surface area contributed by atoms with Crippen LogP contribution in [0.5, 0.6) is 0 Å². The monoisotopic (exact) mass is 395 g/mol. The standard InChI is InChI=1S/C15H17N5O4S2/c16-13(21)10-8-12(26(23,24)20-6-2-1-3-7-20)25-15(10)19-14(22)11-9-17-4-5-18-11/h4-5,8-9H,1-3,6-7H2,(H2,16,21)(H,19,22). The number of nitrogens with one attached hydrogen (secondary N) is 1. The Morgan fingerprint density at radius 3 is 2.54 bits per heavy atom. The predicted octanol–water partition coefficient (Wildman–Crippen LogP) is 1.06. The number of primary amides is 1. The minimum Gasteiger partial charge on any atom is -0.366 e. The summed E-state index contributed by atoms with van der Waals surface area (Å²) in [4.78, 5) is 31.6. The van der Waals surface area contributed by atoms with E-state index >= 15 is 0 Å². The van der Waals surface area contributed by atoms with Gasteiger partial charge in [0.1, 0.15) is 14.9 Å². The maximum atomic E-state index is 12.8. The molecule has 2 aromatic heterocycles. The minimum atomic E-state index is -3.73. The lowest BCUT2D eigenvalue weighted by atomic mass is 10.2. The van der Waals surface area contributed by atoms with Gasteiger partial charge in [-0.25, -0.2) is 13.4 Å². The van der Waals surface area contributed by atoms with Crippen LogP contribution >= 0.6 is 11.3 Å². The van der Waals surface area contributed by atoms with Crippen LogP contribution in [-0.4, -0.2) is 47.6 Å². The van der Waals surface area contributed by atoms with Gasteiger partial charge in [-0.05, 0) is 18.9 Å². The van der Waals surface area contributed by atoms with E-state index in [-0.39, 0.29) is 20.5 Å². The van der Waals surface area contributed by atoms with Crippen LogP contribution in [0.15, 0.2) is 28.9 Å². The second-order valence-electron chi connectivity index (χ2n) is 5.68. The van der Waals surface area contributed by atoms with Crippen molar-refractivity contribution in [2.45, 2.75) is 23.5 Å². The van der Waals surface area contributed by atoms with Gasteiger partial charge in [-0.3, -0.25) is 14.6 Å². The first kappa shape index (κ1) is 18.4. The van der Waals surface area contributed by atoms with Crippen LogP contribution in [-0.2, 0) is 10.0 Å². The molecule has 0 radical (unpaired) electrons. The summed E-state index contributed by atoms with van der Waals surface area (Å²) in [7, 11) is -3.73. The van der Waals surface area contributed by atoms with Crippen LogP contribution in [0.1, 0.15) is 40.1 Å². The zero-order valence-corrected chi connectivity index (χ0v) is 15.3. The first-order chi connectivity index (χ1) is 12.4. The largest absolute Gasteiger partial charge is 0.366 e. The second-order valence-corrected chi connectivity index (χ2v) is 8.90. The average Bonchev–Trinajstić information content (AvgIpc) is 3.08. The fourth-order valence-corrected chi connectivity index (χ4v) is 5.63. The Balaban J connectivity index is 1.91. The number of sulfonamides is 1. The van der Waals surface area contributed by atoms with Crippen LogP contribution in [0, 0.1) is 0 Å². The second kappa shape index (κ2) is 7.48. The van der Waals surface area contributed by atoms with E-state index in [9.17, 15) is 18.0 Å². The summed E-state index contributed by atoms with van der Waals surface area (Å²) in [6.07, 6.45) is 6.61. The summed E-state index contributed by atoms with van der Waals surface area (Å²) in [6, 6.07) is 1.21. The third kappa shape index (κ3) is 3.74. The molecule has 0 saturated carbocycles. The molecule has 1 aliphatic rings. The Kier molecular flexibility index (Phi) is 5.30. The summed E-state index contributed by atoms with van der Waals surface area (Å²) < 4.78 is 26.9. The summed E-state index contributed by atoms with van der Waals surface area (Å²) in [5.41, 5.74) is 5.33. The molecule has 0 aliphatic carbocycles. The van der Waals surface area contributed by atoms with Gasteiger partial charge in [-0.1, -0.05) is 6.42 Å². The highest BCUT2D eigenvalue weighted by Gasteiger charge is 2.30. The van der Waals surface area contributed by atoms with Crippen molar-refractivity contribution in [1.29, 1.82) is 0 Å². The Hall–Kier alpha value is -2.37. The van der Waals surface area contributed by atoms with Crippen molar-refractivity contribution >= 4 is 38.2 Å². The highest BCUT2D eigenvalue weighted by atomic mass is 32.2. The zero-order chi connectivity index (χ0) is 18.7. The average molecular weight is 395 g/mol. The summed E-state index contributed by atoms with van der Waals surface area (Å²) in [5, 5.41) is 2.57. The SMILES string of the molecule is NC(=O)c1cc(S(=O)(=O)N2CCCCC2)sc1NC(=O)c1cnccn1. The van der Waals surface area contributed by atoms with E-state index in [1.165, 1.54) is 29.0 Å². The molecule has 11 heteroatoms. The topological polar surface area (TPSA) is 135 Å². The molecule has 0 bridgehead atoms. The molecule has 1 aliphatic heterocycles. The quantitative estimate of drug-likeness (QED) is 0.777. The molecular formula is C15H17N5O4S2. The van der Waals surface area contributed by atoms with Crippen LogP contribution in [0.2, 0.25) is 0 Å². The van der Waals surface area contributed by atoms with E-state index in [0.717, 1.165) is 30.6 Å². The van der Waals surface area contributed by atoms with Gasteiger partial charge >= 0.3 is 0 Å². The summed E-state index contributed by atoms with van der Waals surface area (Å²) in [5.74, 6) is -1.43. The maximum Gasteiger partial charge on any atom is 0.276 e. The Morgan fingerprint density at radius 1 is 1.19 bits per heavy atom. The van der Waals surface area contributed by atoms with Crippen LogP contribution in [0.4, 0.5) is 5.00 Å². The molecule has 3 N–H and O–H groups in total. The van der Waals surface area contributed by atoms with E-state index < -0.39 is 21.8 Å². The van der Waals surface area contributed by atoms with E-state index in [4.69, 9.17) is 5.73 Å². The molecule has 2 aromatic rings. The number of carbonyl (C=O) groups is 2. The van der Waals surface area contributed by atoms with Crippen molar-refractivity contribution in [1.82, 2.24) is 14.3 Å². The molecule has 0 unspecified atom stereocenters. The number of anilines is 1. The number of hydrogen-bond acceptors (Lipinski definition) is 7. The first-order valence-electron chi connectivity index (χ1n) is 7.91. The molecule has 2 amide bonds. The number of amides is 2. The molecule has 3 heterocycles. The molecule has 138 valence electrons. The molecule has 0 atom stereocenters. The van der Waals surface area contributed by atoms with Crippen LogP contribution < -0.4 is 11.1 Å². The molecule has 3 rings (SSSR count). The number of hydrogen-bond donors (Lipinski definition) is 2. The smallest absolute Gasteiger partial charge is 0.276 e. The van der Waals surface area contributed by atoms with E-state index in [0.29, 0.717) is 13.1 Å². The lowest BCUT2D eigenvalue weighted by Gasteiger charge is -2.25. The van der Waals surface area contributed by atoms with Gasteiger partial charge in [0.15, 0.2) is 0 Å². The Bertz CT molecular complexity index is 921. The lowest BCUT2D eigenvalue weighted by Crippen LogP contribution is -2.35.